The quantitative estimate of drug-likeness (QED) is 0.487. The van der Waals surface area contributed by atoms with Crippen LogP contribution in [0.25, 0.3) is 0 Å². The van der Waals surface area contributed by atoms with Crippen molar-refractivity contribution >= 4 is 45.2 Å². The molecule has 0 unspecified atom stereocenters. The van der Waals surface area contributed by atoms with Gasteiger partial charge >= 0.3 is 11.9 Å². The van der Waals surface area contributed by atoms with Crippen LogP contribution in [0.1, 0.15) is 19.4 Å². The third kappa shape index (κ3) is 3.57. The average molecular weight is 375 g/mol. The van der Waals surface area contributed by atoms with Crippen molar-refractivity contribution in [3.05, 3.63) is 39.0 Å². The number of carbonyl (C=O) groups is 2. The van der Waals surface area contributed by atoms with E-state index in [-0.39, 0.29) is 5.57 Å². The normalized spacial score (nSPS) is 17.1. The van der Waals surface area contributed by atoms with Gasteiger partial charge in [0.25, 0.3) is 5.79 Å². The van der Waals surface area contributed by atoms with E-state index in [0.29, 0.717) is 10.7 Å². The summed E-state index contributed by atoms with van der Waals surface area (Å²) in [6.07, 6.45) is 1.25. The second kappa shape index (κ2) is 5.69. The molecular formula is C14H13BrClNO4. The molecule has 0 atom stereocenters. The number of hydrogen-bond acceptors (Lipinski definition) is 5. The number of hydrogen-bond donors (Lipinski definition) is 1. The minimum atomic E-state index is -1.25. The minimum Gasteiger partial charge on any atom is -0.419 e. The maximum absolute atomic E-state index is 11.8. The summed E-state index contributed by atoms with van der Waals surface area (Å²) in [5.41, 5.74) is 1.35. The van der Waals surface area contributed by atoms with Gasteiger partial charge in [0.2, 0.25) is 0 Å². The first-order valence-electron chi connectivity index (χ1n) is 6.08. The molecule has 112 valence electrons. The van der Waals surface area contributed by atoms with Crippen molar-refractivity contribution in [3.63, 3.8) is 0 Å². The van der Waals surface area contributed by atoms with Gasteiger partial charge < -0.3 is 14.8 Å². The summed E-state index contributed by atoms with van der Waals surface area (Å²) in [5, 5.41) is 3.36. The molecule has 1 saturated heterocycles. The number of esters is 2. The summed E-state index contributed by atoms with van der Waals surface area (Å²) in [5.74, 6) is -2.71. The van der Waals surface area contributed by atoms with Crippen LogP contribution in [0.2, 0.25) is 5.02 Å². The van der Waals surface area contributed by atoms with E-state index < -0.39 is 17.7 Å². The Kier molecular flexibility index (Phi) is 4.30. The first-order chi connectivity index (χ1) is 9.69. The average Bonchev–Trinajstić information content (AvgIpc) is 2.33. The fourth-order valence-electron chi connectivity index (χ4n) is 1.74. The Morgan fingerprint density at radius 3 is 2.33 bits per heavy atom. The van der Waals surface area contributed by atoms with Gasteiger partial charge in [0, 0.05) is 30.2 Å². The van der Waals surface area contributed by atoms with Crippen molar-refractivity contribution in [2.24, 2.45) is 0 Å². The van der Waals surface area contributed by atoms with Gasteiger partial charge in [0.1, 0.15) is 0 Å². The molecule has 7 heteroatoms. The molecule has 0 amide bonds. The highest BCUT2D eigenvalue weighted by atomic mass is 79.9. The summed E-state index contributed by atoms with van der Waals surface area (Å²) in [6.45, 7) is 4.86. The molecular weight excluding hydrogens is 362 g/mol. The lowest BCUT2D eigenvalue weighted by molar-refractivity contribution is -0.222. The molecule has 1 fully saturated rings. The summed E-state index contributed by atoms with van der Waals surface area (Å²) in [6, 6.07) is 3.48. The highest BCUT2D eigenvalue weighted by molar-refractivity contribution is 9.10. The molecule has 2 rings (SSSR count). The van der Waals surface area contributed by atoms with Crippen molar-refractivity contribution in [2.75, 3.05) is 5.32 Å². The monoisotopic (exact) mass is 373 g/mol. The van der Waals surface area contributed by atoms with Gasteiger partial charge in [-0.05, 0) is 40.5 Å². The van der Waals surface area contributed by atoms with Crippen LogP contribution in [-0.2, 0) is 19.1 Å². The van der Waals surface area contributed by atoms with Crippen molar-refractivity contribution < 1.29 is 19.1 Å². The maximum Gasteiger partial charge on any atom is 0.350 e. The number of carbonyl (C=O) groups excluding carboxylic acids is 2. The smallest absolute Gasteiger partial charge is 0.350 e. The molecule has 1 aliphatic rings. The van der Waals surface area contributed by atoms with Crippen molar-refractivity contribution in [1.82, 2.24) is 0 Å². The van der Waals surface area contributed by atoms with Gasteiger partial charge in [-0.25, -0.2) is 9.59 Å². The van der Waals surface area contributed by atoms with Crippen LogP contribution >= 0.6 is 27.5 Å². The van der Waals surface area contributed by atoms with Gasteiger partial charge in [0.15, 0.2) is 5.57 Å². The molecule has 1 aliphatic heterocycles. The van der Waals surface area contributed by atoms with Crippen LogP contribution in [0.4, 0.5) is 5.69 Å². The Bertz CT molecular complexity index is 609. The molecule has 0 aromatic heterocycles. The Balaban J connectivity index is 2.22. The second-order valence-electron chi connectivity index (χ2n) is 4.97. The van der Waals surface area contributed by atoms with Gasteiger partial charge in [-0.1, -0.05) is 11.6 Å². The van der Waals surface area contributed by atoms with Crippen LogP contribution < -0.4 is 5.32 Å². The number of aryl methyl sites for hydroxylation is 1. The Labute approximate surface area is 135 Å². The van der Waals surface area contributed by atoms with E-state index >= 15 is 0 Å². The Morgan fingerprint density at radius 1 is 1.24 bits per heavy atom. The Morgan fingerprint density at radius 2 is 1.81 bits per heavy atom. The number of cyclic esters (lactones) is 2. The summed E-state index contributed by atoms with van der Waals surface area (Å²) < 4.78 is 10.8. The zero-order valence-corrected chi connectivity index (χ0v) is 14.0. The van der Waals surface area contributed by atoms with Crippen LogP contribution in [0.15, 0.2) is 28.4 Å². The highest BCUT2D eigenvalue weighted by Gasteiger charge is 2.38. The first kappa shape index (κ1) is 15.9. The van der Waals surface area contributed by atoms with E-state index in [0.717, 1.165) is 10.0 Å². The SMILES string of the molecule is Cc1cc(NC=C2C(=O)OC(C)(C)OC2=O)cc(Cl)c1Br. The fraction of sp³-hybridized carbons (Fsp3) is 0.286. The number of nitrogens with one attached hydrogen (secondary N) is 1. The third-order valence-corrected chi connectivity index (χ3v) is 4.29. The lowest BCUT2D eigenvalue weighted by Crippen LogP contribution is -2.42. The number of anilines is 1. The van der Waals surface area contributed by atoms with Crippen molar-refractivity contribution in [3.8, 4) is 0 Å². The predicted octanol–water partition coefficient (Wildman–Crippen LogP) is 3.54. The number of rotatable bonds is 2. The largest absolute Gasteiger partial charge is 0.419 e. The van der Waals surface area contributed by atoms with E-state index in [9.17, 15) is 9.59 Å². The van der Waals surface area contributed by atoms with Crippen LogP contribution in [0, 0.1) is 6.92 Å². The van der Waals surface area contributed by atoms with Gasteiger partial charge in [-0.3, -0.25) is 0 Å². The lowest BCUT2D eigenvalue weighted by atomic mass is 10.2. The van der Waals surface area contributed by atoms with E-state index in [4.69, 9.17) is 21.1 Å². The zero-order valence-electron chi connectivity index (χ0n) is 11.6. The molecule has 0 saturated carbocycles. The highest BCUT2D eigenvalue weighted by Crippen LogP contribution is 2.30. The zero-order chi connectivity index (χ0) is 15.8. The third-order valence-electron chi connectivity index (χ3n) is 2.71. The van der Waals surface area contributed by atoms with E-state index in [1.807, 2.05) is 13.0 Å². The molecule has 0 bridgehead atoms. The van der Waals surface area contributed by atoms with E-state index in [1.54, 1.807) is 6.07 Å². The molecule has 1 aromatic carbocycles. The topological polar surface area (TPSA) is 64.6 Å². The van der Waals surface area contributed by atoms with Crippen molar-refractivity contribution in [2.45, 2.75) is 26.6 Å². The lowest BCUT2D eigenvalue weighted by Gasteiger charge is -2.29. The fourth-order valence-corrected chi connectivity index (χ4v) is 2.24. The molecule has 0 spiro atoms. The number of ether oxygens (including phenoxy) is 2. The first-order valence-corrected chi connectivity index (χ1v) is 7.26. The maximum atomic E-state index is 11.8. The number of halogens is 2. The van der Waals surface area contributed by atoms with Crippen molar-refractivity contribution in [1.29, 1.82) is 0 Å². The van der Waals surface area contributed by atoms with Crippen LogP contribution in [-0.4, -0.2) is 17.7 Å². The number of benzene rings is 1. The molecule has 5 nitrogen and oxygen atoms in total. The summed E-state index contributed by atoms with van der Waals surface area (Å²) in [4.78, 5) is 23.5. The van der Waals surface area contributed by atoms with E-state index in [2.05, 4.69) is 21.2 Å². The Hall–Kier alpha value is -1.53. The van der Waals surface area contributed by atoms with Gasteiger partial charge in [-0.15, -0.1) is 0 Å². The van der Waals surface area contributed by atoms with E-state index in [1.165, 1.54) is 20.0 Å². The van der Waals surface area contributed by atoms with Crippen LogP contribution in [0.3, 0.4) is 0 Å². The second-order valence-corrected chi connectivity index (χ2v) is 6.17. The standard InChI is InChI=1S/C14H13BrClNO4/c1-7-4-8(5-10(16)11(7)15)17-6-9-12(18)20-14(2,3)21-13(9)19/h4-6,17H,1-3H3. The summed E-state index contributed by atoms with van der Waals surface area (Å²) >= 11 is 9.39. The minimum absolute atomic E-state index is 0.203. The molecule has 0 aliphatic carbocycles. The van der Waals surface area contributed by atoms with Gasteiger partial charge in [-0.2, -0.15) is 0 Å². The molecule has 1 aromatic rings. The molecule has 1 N–H and O–H groups in total. The van der Waals surface area contributed by atoms with Gasteiger partial charge in [0.05, 0.1) is 5.02 Å². The summed E-state index contributed by atoms with van der Waals surface area (Å²) in [7, 11) is 0. The predicted molar refractivity (Wildman–Crippen MR) is 81.9 cm³/mol. The molecule has 21 heavy (non-hydrogen) atoms. The van der Waals surface area contributed by atoms with Crippen LogP contribution in [0.5, 0.6) is 0 Å². The molecule has 0 radical (unpaired) electrons. The molecule has 1 heterocycles.